The van der Waals surface area contributed by atoms with Gasteiger partial charge in [-0.05, 0) is 43.5 Å². The second-order valence-corrected chi connectivity index (χ2v) is 6.07. The predicted octanol–water partition coefficient (Wildman–Crippen LogP) is 3.45. The molecule has 0 spiro atoms. The topological polar surface area (TPSA) is 62.5 Å². The summed E-state index contributed by atoms with van der Waals surface area (Å²) in [7, 11) is 0. The van der Waals surface area contributed by atoms with Gasteiger partial charge in [0.25, 0.3) is 0 Å². The standard InChI is InChI=1S/C18H25ClN4O/c1-3-14(2)23-18(21-11-9-16-5-4-12-24-16)20-10-8-15-6-7-17(19)22-13-15/h4-7,12-14H,3,8-11H2,1-2H3,(H2,20,21,23). The fourth-order valence-corrected chi connectivity index (χ4v) is 2.21. The van der Waals surface area contributed by atoms with Crippen molar-refractivity contribution >= 4 is 17.6 Å². The summed E-state index contributed by atoms with van der Waals surface area (Å²) in [6.45, 7) is 5.76. The maximum Gasteiger partial charge on any atom is 0.191 e. The Morgan fingerprint density at radius 1 is 1.33 bits per heavy atom. The highest BCUT2D eigenvalue weighted by atomic mass is 35.5. The number of aromatic nitrogens is 1. The minimum absolute atomic E-state index is 0.372. The molecule has 2 aromatic rings. The normalized spacial score (nSPS) is 12.9. The van der Waals surface area contributed by atoms with Crippen LogP contribution in [0.1, 0.15) is 31.6 Å². The molecule has 24 heavy (non-hydrogen) atoms. The number of halogens is 1. The van der Waals surface area contributed by atoms with Crippen molar-refractivity contribution in [2.75, 3.05) is 13.1 Å². The molecular formula is C18H25ClN4O. The molecule has 0 radical (unpaired) electrons. The first-order valence-corrected chi connectivity index (χ1v) is 8.73. The molecule has 0 aliphatic heterocycles. The Hall–Kier alpha value is -2.01. The summed E-state index contributed by atoms with van der Waals surface area (Å²) in [5.74, 6) is 1.78. The molecular weight excluding hydrogens is 324 g/mol. The van der Waals surface area contributed by atoms with Crippen molar-refractivity contribution in [1.29, 1.82) is 0 Å². The van der Waals surface area contributed by atoms with Crippen LogP contribution in [0, 0.1) is 0 Å². The molecule has 0 amide bonds. The molecule has 0 saturated carbocycles. The van der Waals surface area contributed by atoms with Crippen molar-refractivity contribution in [2.45, 2.75) is 39.2 Å². The first kappa shape index (κ1) is 18.3. The fraction of sp³-hybridized carbons (Fsp3) is 0.444. The summed E-state index contributed by atoms with van der Waals surface area (Å²) in [6.07, 6.45) is 6.20. The molecule has 0 fully saturated rings. The van der Waals surface area contributed by atoms with Gasteiger partial charge in [-0.25, -0.2) is 4.98 Å². The van der Waals surface area contributed by atoms with E-state index in [-0.39, 0.29) is 0 Å². The van der Waals surface area contributed by atoms with Crippen LogP contribution in [0.2, 0.25) is 5.15 Å². The van der Waals surface area contributed by atoms with Gasteiger partial charge >= 0.3 is 0 Å². The number of pyridine rings is 1. The lowest BCUT2D eigenvalue weighted by molar-refractivity contribution is 0.510. The Morgan fingerprint density at radius 2 is 2.21 bits per heavy atom. The van der Waals surface area contributed by atoms with Gasteiger partial charge < -0.3 is 15.1 Å². The fourth-order valence-electron chi connectivity index (χ4n) is 2.10. The third-order valence-corrected chi connectivity index (χ3v) is 3.92. The van der Waals surface area contributed by atoms with E-state index < -0.39 is 0 Å². The maximum atomic E-state index is 5.81. The predicted molar refractivity (Wildman–Crippen MR) is 98.6 cm³/mol. The first-order chi connectivity index (χ1) is 11.7. The Bertz CT molecular complexity index is 610. The van der Waals surface area contributed by atoms with Crippen LogP contribution >= 0.6 is 11.6 Å². The van der Waals surface area contributed by atoms with Crippen LogP contribution in [0.4, 0.5) is 0 Å². The number of nitrogens with zero attached hydrogens (tertiary/aromatic N) is 2. The summed E-state index contributed by atoms with van der Waals surface area (Å²) >= 11 is 5.81. The van der Waals surface area contributed by atoms with Crippen molar-refractivity contribution in [3.63, 3.8) is 0 Å². The largest absolute Gasteiger partial charge is 0.469 e. The quantitative estimate of drug-likeness (QED) is 0.436. The van der Waals surface area contributed by atoms with E-state index in [1.807, 2.05) is 24.3 Å². The second-order valence-electron chi connectivity index (χ2n) is 5.68. The first-order valence-electron chi connectivity index (χ1n) is 8.35. The number of hydrogen-bond acceptors (Lipinski definition) is 3. The van der Waals surface area contributed by atoms with Gasteiger partial charge in [-0.1, -0.05) is 24.6 Å². The Morgan fingerprint density at radius 3 is 2.88 bits per heavy atom. The van der Waals surface area contributed by atoms with E-state index in [2.05, 4.69) is 34.5 Å². The van der Waals surface area contributed by atoms with E-state index in [1.54, 1.807) is 12.5 Å². The van der Waals surface area contributed by atoms with Crippen LogP contribution < -0.4 is 10.6 Å². The summed E-state index contributed by atoms with van der Waals surface area (Å²) in [5.41, 5.74) is 1.14. The molecule has 1 unspecified atom stereocenters. The molecule has 2 rings (SSSR count). The van der Waals surface area contributed by atoms with Gasteiger partial charge in [-0.15, -0.1) is 0 Å². The summed E-state index contributed by atoms with van der Waals surface area (Å²) in [4.78, 5) is 8.73. The van der Waals surface area contributed by atoms with E-state index in [0.29, 0.717) is 17.7 Å². The number of rotatable bonds is 8. The molecule has 2 aromatic heterocycles. The Balaban J connectivity index is 1.83. The summed E-state index contributed by atoms with van der Waals surface area (Å²) in [5, 5.41) is 7.31. The average Bonchev–Trinajstić information content (AvgIpc) is 3.09. The monoisotopic (exact) mass is 348 g/mol. The highest BCUT2D eigenvalue weighted by molar-refractivity contribution is 6.29. The van der Waals surface area contributed by atoms with Crippen molar-refractivity contribution < 1.29 is 4.42 Å². The third kappa shape index (κ3) is 6.62. The zero-order valence-corrected chi connectivity index (χ0v) is 15.0. The van der Waals surface area contributed by atoms with Gasteiger partial charge in [0.05, 0.1) is 6.26 Å². The smallest absolute Gasteiger partial charge is 0.191 e. The van der Waals surface area contributed by atoms with Crippen molar-refractivity contribution in [3.8, 4) is 0 Å². The molecule has 0 saturated heterocycles. The number of hydrogen-bond donors (Lipinski definition) is 2. The number of guanidine groups is 1. The summed E-state index contributed by atoms with van der Waals surface area (Å²) < 4.78 is 5.34. The number of aliphatic imine (C=N–C) groups is 1. The number of furan rings is 1. The van der Waals surface area contributed by atoms with Gasteiger partial charge in [0.2, 0.25) is 0 Å². The lowest BCUT2D eigenvalue weighted by Crippen LogP contribution is -2.43. The van der Waals surface area contributed by atoms with E-state index in [0.717, 1.165) is 43.1 Å². The lowest BCUT2D eigenvalue weighted by Gasteiger charge is -2.17. The minimum atomic E-state index is 0.372. The molecule has 0 aliphatic carbocycles. The number of nitrogens with one attached hydrogen (secondary N) is 2. The van der Waals surface area contributed by atoms with Crippen molar-refractivity contribution in [2.24, 2.45) is 4.99 Å². The highest BCUT2D eigenvalue weighted by Crippen LogP contribution is 2.05. The maximum absolute atomic E-state index is 5.81. The van der Waals surface area contributed by atoms with E-state index in [4.69, 9.17) is 16.0 Å². The Kier molecular flexibility index (Phi) is 7.62. The molecule has 2 heterocycles. The van der Waals surface area contributed by atoms with Crippen LogP contribution in [0.15, 0.2) is 46.1 Å². The van der Waals surface area contributed by atoms with Crippen molar-refractivity contribution in [1.82, 2.24) is 15.6 Å². The van der Waals surface area contributed by atoms with Gasteiger partial charge in [-0.3, -0.25) is 4.99 Å². The summed E-state index contributed by atoms with van der Waals surface area (Å²) in [6, 6.07) is 8.05. The van der Waals surface area contributed by atoms with Crippen LogP contribution in [0.3, 0.4) is 0 Å². The molecule has 1 atom stereocenters. The van der Waals surface area contributed by atoms with Gasteiger partial charge in [0, 0.05) is 31.7 Å². The third-order valence-electron chi connectivity index (χ3n) is 3.70. The molecule has 0 bridgehead atoms. The van der Waals surface area contributed by atoms with E-state index in [1.165, 1.54) is 0 Å². The van der Waals surface area contributed by atoms with Gasteiger partial charge in [0.1, 0.15) is 10.9 Å². The minimum Gasteiger partial charge on any atom is -0.469 e. The van der Waals surface area contributed by atoms with Crippen LogP contribution in [0.5, 0.6) is 0 Å². The molecule has 130 valence electrons. The Labute approximate surface area is 148 Å². The van der Waals surface area contributed by atoms with Crippen molar-refractivity contribution in [3.05, 3.63) is 53.2 Å². The highest BCUT2D eigenvalue weighted by Gasteiger charge is 2.04. The zero-order valence-electron chi connectivity index (χ0n) is 14.3. The van der Waals surface area contributed by atoms with Gasteiger partial charge in [-0.2, -0.15) is 0 Å². The lowest BCUT2D eigenvalue weighted by atomic mass is 10.2. The second kappa shape index (κ2) is 9.98. The van der Waals surface area contributed by atoms with Gasteiger partial charge in [0.15, 0.2) is 5.96 Å². The van der Waals surface area contributed by atoms with E-state index in [9.17, 15) is 0 Å². The SMILES string of the molecule is CCC(C)NC(=NCCc1ccco1)NCCc1ccc(Cl)nc1. The molecule has 5 nitrogen and oxygen atoms in total. The molecule has 2 N–H and O–H groups in total. The van der Waals surface area contributed by atoms with Crippen LogP contribution in [-0.4, -0.2) is 30.1 Å². The van der Waals surface area contributed by atoms with Crippen LogP contribution in [-0.2, 0) is 12.8 Å². The molecule has 6 heteroatoms. The average molecular weight is 349 g/mol. The molecule has 0 aliphatic rings. The van der Waals surface area contributed by atoms with E-state index >= 15 is 0 Å². The molecule has 0 aromatic carbocycles. The zero-order chi connectivity index (χ0) is 17.2. The van der Waals surface area contributed by atoms with Crippen LogP contribution in [0.25, 0.3) is 0 Å².